The number of hydrogen-bond acceptors (Lipinski definition) is 4. The molecule has 0 saturated heterocycles. The number of sulfone groups is 1. The van der Waals surface area contributed by atoms with Crippen molar-refractivity contribution in [3.8, 4) is 0 Å². The fourth-order valence-corrected chi connectivity index (χ4v) is 2.99. The van der Waals surface area contributed by atoms with Crippen molar-refractivity contribution in [2.45, 2.75) is 4.90 Å². The van der Waals surface area contributed by atoms with Gasteiger partial charge in [0.25, 0.3) is 5.91 Å². The molecule has 8 heteroatoms. The van der Waals surface area contributed by atoms with Crippen LogP contribution in [0.3, 0.4) is 0 Å². The molecule has 0 spiro atoms. The van der Waals surface area contributed by atoms with Crippen LogP contribution in [-0.2, 0) is 9.84 Å². The van der Waals surface area contributed by atoms with Crippen molar-refractivity contribution in [2.75, 3.05) is 11.6 Å². The predicted octanol–water partition coefficient (Wildman–Crippen LogP) is 3.04. The first-order valence-corrected chi connectivity index (χ1v) is 8.35. The fraction of sp³-hybridized carbons (Fsp3) is 0.0769. The monoisotopic (exact) mass is 344 g/mol. The highest BCUT2D eigenvalue weighted by molar-refractivity contribution is 7.90. The van der Waals surface area contributed by atoms with E-state index in [0.717, 1.165) is 6.26 Å². The number of rotatable bonds is 3. The number of benzene rings is 1. The van der Waals surface area contributed by atoms with E-state index in [1.54, 1.807) is 12.1 Å². The molecular formula is C13H10Cl2N2O3S. The maximum absolute atomic E-state index is 12.1. The number of hydrogen-bond donors (Lipinski definition) is 1. The molecule has 21 heavy (non-hydrogen) atoms. The zero-order valence-corrected chi connectivity index (χ0v) is 13.1. The lowest BCUT2D eigenvalue weighted by Crippen LogP contribution is -2.14. The molecule has 1 amide bonds. The number of amides is 1. The number of anilines is 1. The first-order valence-electron chi connectivity index (χ1n) is 5.71. The van der Waals surface area contributed by atoms with E-state index in [1.807, 2.05) is 0 Å². The van der Waals surface area contributed by atoms with E-state index in [2.05, 4.69) is 10.3 Å². The number of aromatic nitrogens is 1. The molecule has 1 N–H and O–H groups in total. The number of carbonyl (C=O) groups is 1. The summed E-state index contributed by atoms with van der Waals surface area (Å²) >= 11 is 11.5. The highest BCUT2D eigenvalue weighted by atomic mass is 35.5. The van der Waals surface area contributed by atoms with E-state index in [0.29, 0.717) is 0 Å². The number of carbonyl (C=O) groups excluding carboxylic acids is 1. The van der Waals surface area contributed by atoms with Crippen LogP contribution in [0.5, 0.6) is 0 Å². The van der Waals surface area contributed by atoms with Gasteiger partial charge in [0.15, 0.2) is 9.84 Å². The van der Waals surface area contributed by atoms with Crippen LogP contribution in [0.15, 0.2) is 41.3 Å². The van der Waals surface area contributed by atoms with Crippen LogP contribution in [0.2, 0.25) is 10.3 Å². The molecule has 1 heterocycles. The molecular weight excluding hydrogens is 335 g/mol. The van der Waals surface area contributed by atoms with Gasteiger partial charge in [0.05, 0.1) is 10.6 Å². The molecule has 2 rings (SSSR count). The second-order valence-electron chi connectivity index (χ2n) is 4.22. The number of pyridine rings is 1. The summed E-state index contributed by atoms with van der Waals surface area (Å²) in [4.78, 5) is 15.9. The average Bonchev–Trinajstić information content (AvgIpc) is 2.37. The van der Waals surface area contributed by atoms with Crippen LogP contribution in [0, 0.1) is 0 Å². The van der Waals surface area contributed by atoms with E-state index >= 15 is 0 Å². The van der Waals surface area contributed by atoms with E-state index in [1.165, 1.54) is 24.3 Å². The standard InChI is InChI=1S/C13H10Cl2N2O3S/c1-21(19,20)10-5-3-2-4-9(10)16-13(18)8-6-11(14)17-12(15)7-8/h2-7H,1H3,(H,16,18). The molecule has 110 valence electrons. The maximum Gasteiger partial charge on any atom is 0.255 e. The Balaban J connectivity index is 2.37. The van der Waals surface area contributed by atoms with Gasteiger partial charge >= 0.3 is 0 Å². The minimum atomic E-state index is -3.46. The maximum atomic E-state index is 12.1. The molecule has 1 aromatic carbocycles. The van der Waals surface area contributed by atoms with Crippen LogP contribution in [-0.4, -0.2) is 25.6 Å². The minimum Gasteiger partial charge on any atom is -0.321 e. The quantitative estimate of drug-likeness (QED) is 0.868. The average molecular weight is 345 g/mol. The van der Waals surface area contributed by atoms with Gasteiger partial charge in [-0.15, -0.1) is 0 Å². The molecule has 0 radical (unpaired) electrons. The smallest absolute Gasteiger partial charge is 0.255 e. The summed E-state index contributed by atoms with van der Waals surface area (Å²) in [6.45, 7) is 0. The van der Waals surface area contributed by atoms with E-state index in [9.17, 15) is 13.2 Å². The second kappa shape index (κ2) is 6.01. The van der Waals surface area contributed by atoms with Gasteiger partial charge in [-0.3, -0.25) is 4.79 Å². The van der Waals surface area contributed by atoms with E-state index < -0.39 is 15.7 Å². The molecule has 0 atom stereocenters. The van der Waals surface area contributed by atoms with Crippen LogP contribution in [0.25, 0.3) is 0 Å². The number of nitrogens with one attached hydrogen (secondary N) is 1. The number of nitrogens with zero attached hydrogens (tertiary/aromatic N) is 1. The van der Waals surface area contributed by atoms with Crippen molar-refractivity contribution in [3.63, 3.8) is 0 Å². The molecule has 0 saturated carbocycles. The van der Waals surface area contributed by atoms with Gasteiger partial charge in [-0.25, -0.2) is 13.4 Å². The van der Waals surface area contributed by atoms with Crippen molar-refractivity contribution in [1.29, 1.82) is 0 Å². The largest absolute Gasteiger partial charge is 0.321 e. The summed E-state index contributed by atoms with van der Waals surface area (Å²) in [5.74, 6) is -0.530. The Kier molecular flexibility index (Phi) is 4.51. The van der Waals surface area contributed by atoms with Gasteiger partial charge in [-0.1, -0.05) is 35.3 Å². The van der Waals surface area contributed by atoms with Gasteiger partial charge in [-0.2, -0.15) is 0 Å². The predicted molar refractivity (Wildman–Crippen MR) is 81.8 cm³/mol. The summed E-state index contributed by atoms with van der Waals surface area (Å²) in [5.41, 5.74) is 0.373. The SMILES string of the molecule is CS(=O)(=O)c1ccccc1NC(=O)c1cc(Cl)nc(Cl)c1. The first kappa shape index (κ1) is 15.8. The zero-order valence-electron chi connectivity index (χ0n) is 10.8. The van der Waals surface area contributed by atoms with Crippen molar-refractivity contribution in [2.24, 2.45) is 0 Å². The summed E-state index contributed by atoms with van der Waals surface area (Å²) in [6.07, 6.45) is 1.07. The lowest BCUT2D eigenvalue weighted by atomic mass is 10.2. The van der Waals surface area contributed by atoms with Crippen molar-refractivity contribution >= 4 is 44.6 Å². The Hall–Kier alpha value is -1.63. The highest BCUT2D eigenvalue weighted by Crippen LogP contribution is 2.22. The first-order chi connectivity index (χ1) is 9.77. The Morgan fingerprint density at radius 3 is 2.29 bits per heavy atom. The Bertz CT molecular complexity index is 787. The fourth-order valence-electron chi connectivity index (χ4n) is 1.68. The summed E-state index contributed by atoms with van der Waals surface area (Å²) in [5, 5.41) is 2.67. The highest BCUT2D eigenvalue weighted by Gasteiger charge is 2.16. The molecule has 0 aliphatic heterocycles. The topological polar surface area (TPSA) is 76.1 Å². The van der Waals surface area contributed by atoms with Crippen molar-refractivity contribution < 1.29 is 13.2 Å². The third-order valence-corrected chi connectivity index (χ3v) is 4.10. The van der Waals surface area contributed by atoms with Gasteiger partial charge < -0.3 is 5.32 Å². The summed E-state index contributed by atoms with van der Waals surface area (Å²) < 4.78 is 23.4. The van der Waals surface area contributed by atoms with Gasteiger partial charge in [0, 0.05) is 11.8 Å². The molecule has 0 fully saturated rings. The second-order valence-corrected chi connectivity index (χ2v) is 6.98. The van der Waals surface area contributed by atoms with Crippen LogP contribution in [0.1, 0.15) is 10.4 Å². The molecule has 0 bridgehead atoms. The lowest BCUT2D eigenvalue weighted by molar-refractivity contribution is 0.102. The zero-order chi connectivity index (χ0) is 15.6. The third kappa shape index (κ3) is 3.93. The van der Waals surface area contributed by atoms with Crippen molar-refractivity contribution in [3.05, 3.63) is 52.3 Å². The summed E-state index contributed by atoms with van der Waals surface area (Å²) in [6, 6.07) is 8.79. The van der Waals surface area contributed by atoms with Gasteiger partial charge in [0.1, 0.15) is 10.3 Å². The Morgan fingerprint density at radius 2 is 1.71 bits per heavy atom. The number of para-hydroxylation sites is 1. The molecule has 0 aliphatic rings. The lowest BCUT2D eigenvalue weighted by Gasteiger charge is -2.10. The molecule has 2 aromatic rings. The third-order valence-electron chi connectivity index (χ3n) is 2.56. The molecule has 0 aliphatic carbocycles. The molecule has 5 nitrogen and oxygen atoms in total. The number of halogens is 2. The molecule has 1 aromatic heterocycles. The van der Waals surface area contributed by atoms with Crippen LogP contribution >= 0.6 is 23.2 Å². The normalized spacial score (nSPS) is 11.2. The van der Waals surface area contributed by atoms with Crippen molar-refractivity contribution in [1.82, 2.24) is 4.98 Å². The van der Waals surface area contributed by atoms with E-state index in [4.69, 9.17) is 23.2 Å². The molecule has 0 unspecified atom stereocenters. The van der Waals surface area contributed by atoms with Crippen LogP contribution < -0.4 is 5.32 Å². The summed E-state index contributed by atoms with van der Waals surface area (Å²) in [7, 11) is -3.46. The Labute approximate surface area is 131 Å². The Morgan fingerprint density at radius 1 is 1.14 bits per heavy atom. The minimum absolute atomic E-state index is 0.0320. The van der Waals surface area contributed by atoms with Crippen LogP contribution in [0.4, 0.5) is 5.69 Å². The van der Waals surface area contributed by atoms with E-state index in [-0.39, 0.29) is 26.5 Å². The van der Waals surface area contributed by atoms with Gasteiger partial charge in [0.2, 0.25) is 0 Å². The van der Waals surface area contributed by atoms with Gasteiger partial charge in [-0.05, 0) is 24.3 Å².